The van der Waals surface area contributed by atoms with Gasteiger partial charge >= 0.3 is 6.47 Å². The lowest BCUT2D eigenvalue weighted by molar-refractivity contribution is -0.128. The van der Waals surface area contributed by atoms with Gasteiger partial charge in [0.25, 0.3) is 0 Å². The normalized spacial score (nSPS) is 24.5. The van der Waals surface area contributed by atoms with Crippen LogP contribution in [0.5, 0.6) is 0 Å². The van der Waals surface area contributed by atoms with Gasteiger partial charge in [0.2, 0.25) is 0 Å². The third kappa shape index (κ3) is 2.70. The zero-order valence-electron chi connectivity index (χ0n) is 6.75. The van der Waals surface area contributed by atoms with Crippen LogP contribution in [0.1, 0.15) is 32.6 Å². The Hall–Kier alpha value is -0.860. The number of hydrogen-bond donors (Lipinski definition) is 0. The molecule has 0 bridgehead atoms. The molecule has 1 aliphatic carbocycles. The topological polar surface area (TPSA) is 38.7 Å². The molecule has 3 nitrogen and oxygen atoms in total. The smallest absolute Gasteiger partial charge is 0.322 e. The Labute approximate surface area is 66.4 Å². The molecule has 3 heteroatoms. The first-order valence-electron chi connectivity index (χ1n) is 3.98. The maximum atomic E-state index is 9.78. The first kappa shape index (κ1) is 8.24. The van der Waals surface area contributed by atoms with Crippen LogP contribution in [0.2, 0.25) is 0 Å². The van der Waals surface area contributed by atoms with Crippen LogP contribution in [0.25, 0.3) is 0 Å². The third-order valence-electron chi connectivity index (χ3n) is 2.08. The van der Waals surface area contributed by atoms with Crippen LogP contribution >= 0.6 is 0 Å². The molecule has 0 saturated heterocycles. The summed E-state index contributed by atoms with van der Waals surface area (Å²) in [5.74, 6) is 0.796. The van der Waals surface area contributed by atoms with Gasteiger partial charge in [0.15, 0.2) is 0 Å². The van der Waals surface area contributed by atoms with Crippen molar-refractivity contribution in [3.8, 4) is 0 Å². The monoisotopic (exact) mass is 155 g/mol. The molecule has 0 unspecified atom stereocenters. The standard InChI is InChI=1S/C8H13NO2/c1-7-2-4-8(5-3-7)9-11-6-10/h6-7H,2-5H2,1H3. The lowest BCUT2D eigenvalue weighted by Gasteiger charge is -2.17. The lowest BCUT2D eigenvalue weighted by atomic mass is 9.90. The minimum atomic E-state index is 0.366. The number of nitrogens with zero attached hydrogens (tertiary/aromatic N) is 1. The summed E-state index contributed by atoms with van der Waals surface area (Å²) in [6.07, 6.45) is 4.30. The Kier molecular flexibility index (Phi) is 3.08. The molecular weight excluding hydrogens is 142 g/mol. The molecule has 0 spiro atoms. The van der Waals surface area contributed by atoms with Crippen molar-refractivity contribution in [2.75, 3.05) is 0 Å². The van der Waals surface area contributed by atoms with E-state index in [1.165, 1.54) is 12.8 Å². The van der Waals surface area contributed by atoms with E-state index in [2.05, 4.69) is 16.9 Å². The molecule has 1 aliphatic rings. The number of hydrogen-bond acceptors (Lipinski definition) is 3. The van der Waals surface area contributed by atoms with Crippen molar-refractivity contribution in [2.24, 2.45) is 11.1 Å². The fourth-order valence-electron chi connectivity index (χ4n) is 1.28. The van der Waals surface area contributed by atoms with E-state index in [4.69, 9.17) is 0 Å². The van der Waals surface area contributed by atoms with Crippen molar-refractivity contribution in [3.05, 3.63) is 0 Å². The Morgan fingerprint density at radius 3 is 2.73 bits per heavy atom. The highest BCUT2D eigenvalue weighted by Gasteiger charge is 2.13. The molecule has 1 fully saturated rings. The van der Waals surface area contributed by atoms with Crippen LogP contribution in [0, 0.1) is 5.92 Å². The first-order chi connectivity index (χ1) is 5.33. The summed E-state index contributed by atoms with van der Waals surface area (Å²) >= 11 is 0. The van der Waals surface area contributed by atoms with Crippen LogP contribution in [0.15, 0.2) is 5.16 Å². The summed E-state index contributed by atoms with van der Waals surface area (Å²) in [6, 6.07) is 0. The second kappa shape index (κ2) is 4.11. The molecule has 62 valence electrons. The van der Waals surface area contributed by atoms with Crippen molar-refractivity contribution < 1.29 is 9.63 Å². The van der Waals surface area contributed by atoms with Gasteiger partial charge in [-0.05, 0) is 31.6 Å². The summed E-state index contributed by atoms with van der Waals surface area (Å²) in [7, 11) is 0. The van der Waals surface area contributed by atoms with Crippen molar-refractivity contribution >= 4 is 12.2 Å². The SMILES string of the molecule is CC1CCC(=NOC=O)CC1. The van der Waals surface area contributed by atoms with Crippen LogP contribution in [0.4, 0.5) is 0 Å². The maximum Gasteiger partial charge on any atom is 0.323 e. The lowest BCUT2D eigenvalue weighted by Crippen LogP contribution is -2.11. The summed E-state index contributed by atoms with van der Waals surface area (Å²) in [5.41, 5.74) is 1.02. The number of oxime groups is 1. The first-order valence-corrected chi connectivity index (χ1v) is 3.98. The van der Waals surface area contributed by atoms with Gasteiger partial charge in [0.1, 0.15) is 0 Å². The zero-order chi connectivity index (χ0) is 8.10. The molecule has 0 amide bonds. The Balaban J connectivity index is 2.32. The van der Waals surface area contributed by atoms with Gasteiger partial charge in [-0.1, -0.05) is 12.1 Å². The summed E-state index contributed by atoms with van der Waals surface area (Å²) < 4.78 is 0. The number of carbonyl (C=O) groups is 1. The van der Waals surface area contributed by atoms with E-state index < -0.39 is 0 Å². The van der Waals surface area contributed by atoms with Gasteiger partial charge in [-0.3, -0.25) is 4.79 Å². The third-order valence-corrected chi connectivity index (χ3v) is 2.08. The van der Waals surface area contributed by atoms with E-state index in [9.17, 15) is 4.79 Å². The zero-order valence-corrected chi connectivity index (χ0v) is 6.75. The van der Waals surface area contributed by atoms with Gasteiger partial charge in [-0.15, -0.1) is 0 Å². The summed E-state index contributed by atoms with van der Waals surface area (Å²) in [5, 5.41) is 3.68. The minimum Gasteiger partial charge on any atom is -0.322 e. The van der Waals surface area contributed by atoms with E-state index in [1.54, 1.807) is 0 Å². The van der Waals surface area contributed by atoms with Gasteiger partial charge in [-0.25, -0.2) is 0 Å². The molecule has 0 radical (unpaired) electrons. The Bertz CT molecular complexity index is 155. The second-order valence-corrected chi connectivity index (χ2v) is 3.04. The molecule has 1 saturated carbocycles. The van der Waals surface area contributed by atoms with Crippen molar-refractivity contribution in [1.82, 2.24) is 0 Å². The van der Waals surface area contributed by atoms with E-state index in [0.29, 0.717) is 6.47 Å². The molecule has 0 aromatic heterocycles. The van der Waals surface area contributed by atoms with Crippen molar-refractivity contribution in [3.63, 3.8) is 0 Å². The van der Waals surface area contributed by atoms with Crippen LogP contribution in [-0.2, 0) is 9.63 Å². The predicted octanol–water partition coefficient (Wildman–Crippen LogP) is 1.73. The van der Waals surface area contributed by atoms with Crippen LogP contribution in [-0.4, -0.2) is 12.2 Å². The molecular formula is C8H13NO2. The summed E-state index contributed by atoms with van der Waals surface area (Å²) in [4.78, 5) is 14.1. The maximum absolute atomic E-state index is 9.78. The van der Waals surface area contributed by atoms with Gasteiger partial charge in [0.05, 0.1) is 5.71 Å². The molecule has 0 atom stereocenters. The minimum absolute atomic E-state index is 0.366. The number of rotatable bonds is 2. The second-order valence-electron chi connectivity index (χ2n) is 3.04. The molecule has 0 aromatic rings. The van der Waals surface area contributed by atoms with Crippen molar-refractivity contribution in [2.45, 2.75) is 32.6 Å². The highest BCUT2D eigenvalue weighted by Crippen LogP contribution is 2.21. The van der Waals surface area contributed by atoms with Crippen LogP contribution in [0.3, 0.4) is 0 Å². The van der Waals surface area contributed by atoms with Gasteiger partial charge in [0, 0.05) is 0 Å². The quantitative estimate of drug-likeness (QED) is 0.346. The van der Waals surface area contributed by atoms with Gasteiger partial charge in [-0.2, -0.15) is 0 Å². The summed E-state index contributed by atoms with van der Waals surface area (Å²) in [6.45, 7) is 2.60. The van der Waals surface area contributed by atoms with E-state index in [0.717, 1.165) is 24.5 Å². The van der Waals surface area contributed by atoms with E-state index >= 15 is 0 Å². The number of carbonyl (C=O) groups excluding carboxylic acids is 1. The molecule has 1 rings (SSSR count). The average molecular weight is 155 g/mol. The highest BCUT2D eigenvalue weighted by atomic mass is 16.7. The van der Waals surface area contributed by atoms with E-state index in [1.807, 2.05) is 0 Å². The van der Waals surface area contributed by atoms with Gasteiger partial charge < -0.3 is 4.84 Å². The Morgan fingerprint density at radius 2 is 2.18 bits per heavy atom. The fourth-order valence-corrected chi connectivity index (χ4v) is 1.28. The van der Waals surface area contributed by atoms with Crippen molar-refractivity contribution in [1.29, 1.82) is 0 Å². The fraction of sp³-hybridized carbons (Fsp3) is 0.750. The molecule has 0 aliphatic heterocycles. The average Bonchev–Trinajstić information content (AvgIpc) is 2.04. The Morgan fingerprint density at radius 1 is 1.55 bits per heavy atom. The van der Waals surface area contributed by atoms with E-state index in [-0.39, 0.29) is 0 Å². The molecule has 0 N–H and O–H groups in total. The largest absolute Gasteiger partial charge is 0.323 e. The molecule has 11 heavy (non-hydrogen) atoms. The predicted molar refractivity (Wildman–Crippen MR) is 42.2 cm³/mol. The van der Waals surface area contributed by atoms with Crippen LogP contribution < -0.4 is 0 Å². The highest BCUT2D eigenvalue weighted by molar-refractivity contribution is 5.84. The molecule has 0 aromatic carbocycles. The molecule has 0 heterocycles.